The van der Waals surface area contributed by atoms with Crippen LogP contribution in [-0.2, 0) is 4.79 Å². The third kappa shape index (κ3) is 2.08. The lowest BCUT2D eigenvalue weighted by molar-refractivity contribution is -0.118. The number of carboxylic acids is 1. The van der Waals surface area contributed by atoms with Gasteiger partial charge in [0.1, 0.15) is 5.58 Å². The summed E-state index contributed by atoms with van der Waals surface area (Å²) in [6.45, 7) is 0. The molecule has 1 atom stereocenters. The summed E-state index contributed by atoms with van der Waals surface area (Å²) in [5.41, 5.74) is 1.48. The Morgan fingerprint density at radius 1 is 1.23 bits per heavy atom. The summed E-state index contributed by atoms with van der Waals surface area (Å²) in [5, 5.41) is 12.6. The van der Waals surface area contributed by atoms with Gasteiger partial charge in [0.25, 0.3) is 0 Å². The zero-order valence-electron chi connectivity index (χ0n) is 12.1. The van der Waals surface area contributed by atoms with Gasteiger partial charge in [-0.1, -0.05) is 12.8 Å². The number of carbonyl (C=O) groups excluding carboxylic acids is 1. The monoisotopic (exact) mass is 299 g/mol. The number of anilines is 1. The molecule has 1 aromatic carbocycles. The largest absolute Gasteiger partial charge is 0.475 e. The van der Waals surface area contributed by atoms with Crippen LogP contribution in [0.15, 0.2) is 28.7 Å². The predicted molar refractivity (Wildman–Crippen MR) is 80.8 cm³/mol. The zero-order valence-corrected chi connectivity index (χ0v) is 12.1. The average Bonchev–Trinajstić information content (AvgIpc) is 2.84. The molecule has 2 fully saturated rings. The Hall–Kier alpha value is -2.30. The summed E-state index contributed by atoms with van der Waals surface area (Å²) in [6, 6.07) is 6.67. The topological polar surface area (TPSA) is 79.5 Å². The Bertz CT molecular complexity index is 770. The number of benzene rings is 1. The van der Waals surface area contributed by atoms with Crippen molar-refractivity contribution in [2.75, 3.05) is 5.32 Å². The van der Waals surface area contributed by atoms with Crippen molar-refractivity contribution < 1.29 is 19.1 Å². The van der Waals surface area contributed by atoms with Crippen LogP contribution in [-0.4, -0.2) is 17.0 Å². The van der Waals surface area contributed by atoms with E-state index in [0.29, 0.717) is 16.7 Å². The molecule has 0 bridgehead atoms. The van der Waals surface area contributed by atoms with E-state index in [-0.39, 0.29) is 23.0 Å². The number of nitrogens with one attached hydrogen (secondary N) is 1. The van der Waals surface area contributed by atoms with Crippen LogP contribution >= 0.6 is 0 Å². The van der Waals surface area contributed by atoms with E-state index < -0.39 is 5.97 Å². The Labute approximate surface area is 127 Å². The van der Waals surface area contributed by atoms with Crippen molar-refractivity contribution in [1.82, 2.24) is 0 Å². The summed E-state index contributed by atoms with van der Waals surface area (Å²) >= 11 is 0. The van der Waals surface area contributed by atoms with Crippen molar-refractivity contribution in [2.45, 2.75) is 32.1 Å². The van der Waals surface area contributed by atoms with Crippen LogP contribution in [0.4, 0.5) is 5.69 Å². The Morgan fingerprint density at radius 3 is 2.73 bits per heavy atom. The van der Waals surface area contributed by atoms with E-state index in [1.165, 1.54) is 31.7 Å². The van der Waals surface area contributed by atoms with Crippen LogP contribution in [0.25, 0.3) is 11.0 Å². The summed E-state index contributed by atoms with van der Waals surface area (Å²) in [7, 11) is 0. The summed E-state index contributed by atoms with van der Waals surface area (Å²) in [4.78, 5) is 23.3. The molecule has 1 unspecified atom stereocenters. The fourth-order valence-electron chi connectivity index (χ4n) is 3.81. The molecule has 0 aliphatic heterocycles. The van der Waals surface area contributed by atoms with Crippen LogP contribution in [0.1, 0.15) is 42.7 Å². The molecule has 2 aliphatic carbocycles. The molecule has 4 rings (SSSR count). The Balaban J connectivity index is 1.52. The van der Waals surface area contributed by atoms with Crippen molar-refractivity contribution in [3.05, 3.63) is 30.0 Å². The molecule has 1 spiro atoms. The second-order valence-electron chi connectivity index (χ2n) is 6.48. The molecular formula is C17H17NO4. The minimum atomic E-state index is -1.09. The second-order valence-corrected chi connectivity index (χ2v) is 6.48. The molecule has 114 valence electrons. The van der Waals surface area contributed by atoms with Gasteiger partial charge in [-0.3, -0.25) is 4.79 Å². The first kappa shape index (κ1) is 13.4. The first-order chi connectivity index (χ1) is 10.6. The Morgan fingerprint density at radius 2 is 2.00 bits per heavy atom. The molecule has 1 heterocycles. The molecule has 1 amide bonds. The number of furan rings is 1. The Kier molecular flexibility index (Phi) is 2.79. The molecule has 2 N–H and O–H groups in total. The molecule has 2 aliphatic rings. The van der Waals surface area contributed by atoms with E-state index in [1.54, 1.807) is 18.2 Å². The number of carboxylic acid groups (broad SMARTS) is 1. The molecular weight excluding hydrogens is 282 g/mol. The molecule has 1 aromatic heterocycles. The van der Waals surface area contributed by atoms with Gasteiger partial charge in [-0.05, 0) is 48.9 Å². The van der Waals surface area contributed by atoms with Gasteiger partial charge in [0, 0.05) is 17.0 Å². The number of fused-ring (bicyclic) bond motifs is 1. The first-order valence-corrected chi connectivity index (χ1v) is 7.65. The molecule has 5 nitrogen and oxygen atoms in total. The highest BCUT2D eigenvalue weighted by atomic mass is 16.4. The number of hydrogen-bond donors (Lipinski definition) is 2. The van der Waals surface area contributed by atoms with Gasteiger partial charge in [-0.15, -0.1) is 0 Å². The lowest BCUT2D eigenvalue weighted by Crippen LogP contribution is -2.17. The highest BCUT2D eigenvalue weighted by Gasteiger charge is 2.58. The van der Waals surface area contributed by atoms with E-state index in [2.05, 4.69) is 5.32 Å². The number of hydrogen-bond acceptors (Lipinski definition) is 3. The van der Waals surface area contributed by atoms with Gasteiger partial charge in [-0.25, -0.2) is 4.79 Å². The zero-order chi connectivity index (χ0) is 15.3. The maximum atomic E-state index is 12.4. The maximum Gasteiger partial charge on any atom is 0.371 e. The molecule has 2 saturated carbocycles. The van der Waals surface area contributed by atoms with Gasteiger partial charge in [0.05, 0.1) is 0 Å². The number of aromatic carboxylic acids is 1. The van der Waals surface area contributed by atoms with Gasteiger partial charge in [-0.2, -0.15) is 0 Å². The quantitative estimate of drug-likeness (QED) is 0.906. The number of carbonyl (C=O) groups is 2. The van der Waals surface area contributed by atoms with E-state index >= 15 is 0 Å². The van der Waals surface area contributed by atoms with Gasteiger partial charge in [0.2, 0.25) is 11.7 Å². The van der Waals surface area contributed by atoms with Gasteiger partial charge < -0.3 is 14.8 Å². The maximum absolute atomic E-state index is 12.4. The van der Waals surface area contributed by atoms with Crippen LogP contribution < -0.4 is 5.32 Å². The first-order valence-electron chi connectivity index (χ1n) is 7.65. The highest BCUT2D eigenvalue weighted by molar-refractivity contribution is 5.98. The summed E-state index contributed by atoms with van der Waals surface area (Å²) < 4.78 is 5.21. The number of rotatable bonds is 3. The normalized spacial score (nSPS) is 22.1. The minimum Gasteiger partial charge on any atom is -0.475 e. The van der Waals surface area contributed by atoms with Gasteiger partial charge >= 0.3 is 5.97 Å². The molecule has 0 saturated heterocycles. The predicted octanol–water partition coefficient (Wildman–Crippen LogP) is 3.65. The fourth-order valence-corrected chi connectivity index (χ4v) is 3.81. The van der Waals surface area contributed by atoms with Crippen molar-refractivity contribution in [3.8, 4) is 0 Å². The van der Waals surface area contributed by atoms with E-state index in [9.17, 15) is 9.59 Å². The van der Waals surface area contributed by atoms with Crippen LogP contribution in [0, 0.1) is 11.3 Å². The van der Waals surface area contributed by atoms with Gasteiger partial charge in [0.15, 0.2) is 0 Å². The van der Waals surface area contributed by atoms with Crippen molar-refractivity contribution >= 4 is 28.5 Å². The van der Waals surface area contributed by atoms with E-state index in [4.69, 9.17) is 9.52 Å². The summed E-state index contributed by atoms with van der Waals surface area (Å²) in [6.07, 6.45) is 5.84. The summed E-state index contributed by atoms with van der Waals surface area (Å²) in [5.74, 6) is -0.957. The van der Waals surface area contributed by atoms with E-state index in [1.807, 2.05) is 0 Å². The average molecular weight is 299 g/mol. The molecule has 0 radical (unpaired) electrons. The highest BCUT2D eigenvalue weighted by Crippen LogP contribution is 2.63. The third-order valence-corrected chi connectivity index (χ3v) is 5.10. The lowest BCUT2D eigenvalue weighted by Gasteiger charge is -2.09. The van der Waals surface area contributed by atoms with Crippen LogP contribution in [0.5, 0.6) is 0 Å². The third-order valence-electron chi connectivity index (χ3n) is 5.10. The minimum absolute atomic E-state index is 0.0863. The smallest absolute Gasteiger partial charge is 0.371 e. The second kappa shape index (κ2) is 4.60. The fraction of sp³-hybridized carbons (Fsp3) is 0.412. The molecule has 2 aromatic rings. The van der Waals surface area contributed by atoms with Crippen molar-refractivity contribution in [1.29, 1.82) is 0 Å². The van der Waals surface area contributed by atoms with E-state index in [0.717, 1.165) is 6.42 Å². The molecule has 5 heteroatoms. The SMILES string of the molecule is O=C(O)c1cc2cc(NC(=O)C3CC34CCCC4)ccc2o1. The van der Waals surface area contributed by atoms with Crippen LogP contribution in [0.3, 0.4) is 0 Å². The number of amides is 1. The standard InChI is InChI=1S/C17H17NO4/c19-15(12-9-17(12)5-1-2-6-17)18-11-3-4-13-10(7-11)8-14(22-13)16(20)21/h3-4,7-8,12H,1-2,5-6,9H2,(H,18,19)(H,20,21). The van der Waals surface area contributed by atoms with Crippen molar-refractivity contribution in [3.63, 3.8) is 0 Å². The van der Waals surface area contributed by atoms with Crippen molar-refractivity contribution in [2.24, 2.45) is 11.3 Å². The lowest BCUT2D eigenvalue weighted by atomic mass is 10.0. The van der Waals surface area contributed by atoms with Crippen LogP contribution in [0.2, 0.25) is 0 Å². The molecule has 22 heavy (non-hydrogen) atoms.